The highest BCUT2D eigenvalue weighted by atomic mass is 32.2. The van der Waals surface area contributed by atoms with Crippen molar-refractivity contribution in [1.29, 1.82) is 0 Å². The monoisotopic (exact) mass is 332 g/mol. The zero-order chi connectivity index (χ0) is 16.3. The van der Waals surface area contributed by atoms with E-state index in [1.54, 1.807) is 14.0 Å². The lowest BCUT2D eigenvalue weighted by atomic mass is 10.0. The van der Waals surface area contributed by atoms with Crippen LogP contribution in [0.15, 0.2) is 4.99 Å². The molecule has 0 heterocycles. The van der Waals surface area contributed by atoms with Gasteiger partial charge in [0.1, 0.15) is 0 Å². The van der Waals surface area contributed by atoms with Crippen LogP contribution >= 0.6 is 0 Å². The van der Waals surface area contributed by atoms with Crippen molar-refractivity contribution in [3.05, 3.63) is 0 Å². The Morgan fingerprint density at radius 2 is 1.77 bits per heavy atom. The van der Waals surface area contributed by atoms with Crippen molar-refractivity contribution in [1.82, 2.24) is 15.4 Å². The van der Waals surface area contributed by atoms with E-state index in [-0.39, 0.29) is 5.75 Å². The van der Waals surface area contributed by atoms with Crippen LogP contribution in [0.4, 0.5) is 0 Å². The number of nitrogens with one attached hydrogen (secondary N) is 3. The molecule has 0 aromatic carbocycles. The average molecular weight is 333 g/mol. The Bertz CT molecular complexity index is 417. The summed E-state index contributed by atoms with van der Waals surface area (Å²) in [5, 5.41) is 6.38. The van der Waals surface area contributed by atoms with E-state index in [9.17, 15) is 8.42 Å². The second kappa shape index (κ2) is 10.8. The van der Waals surface area contributed by atoms with Gasteiger partial charge in [-0.25, -0.2) is 13.1 Å². The predicted molar refractivity (Wildman–Crippen MR) is 92.6 cm³/mol. The van der Waals surface area contributed by atoms with Crippen LogP contribution in [0.3, 0.4) is 0 Å². The zero-order valence-electron chi connectivity index (χ0n) is 14.0. The fourth-order valence-electron chi connectivity index (χ4n) is 2.77. The van der Waals surface area contributed by atoms with E-state index in [1.165, 1.54) is 38.5 Å². The first-order valence-electron chi connectivity index (χ1n) is 8.49. The number of rotatable bonds is 10. The smallest absolute Gasteiger partial charge is 0.211 e. The molecule has 3 N–H and O–H groups in total. The van der Waals surface area contributed by atoms with Gasteiger partial charge in [0.05, 0.1) is 5.75 Å². The number of nitrogens with zero attached hydrogens (tertiary/aromatic N) is 1. The van der Waals surface area contributed by atoms with Gasteiger partial charge in [-0.2, -0.15) is 0 Å². The minimum Gasteiger partial charge on any atom is -0.356 e. The number of sulfonamides is 1. The number of unbranched alkanes of at least 4 members (excludes halogenated alkanes) is 1. The van der Waals surface area contributed by atoms with E-state index < -0.39 is 10.0 Å². The Balaban J connectivity index is 2.02. The molecule has 0 bridgehead atoms. The summed E-state index contributed by atoms with van der Waals surface area (Å²) >= 11 is 0. The quantitative estimate of drug-likeness (QED) is 0.321. The first-order chi connectivity index (χ1) is 10.6. The lowest BCUT2D eigenvalue weighted by Gasteiger charge is -2.13. The van der Waals surface area contributed by atoms with Gasteiger partial charge in [0.2, 0.25) is 10.0 Å². The van der Waals surface area contributed by atoms with Gasteiger partial charge in [-0.05, 0) is 19.3 Å². The van der Waals surface area contributed by atoms with Crippen LogP contribution in [0.2, 0.25) is 0 Å². The first kappa shape index (κ1) is 19.2. The van der Waals surface area contributed by atoms with Gasteiger partial charge in [-0.3, -0.25) is 4.99 Å². The van der Waals surface area contributed by atoms with E-state index >= 15 is 0 Å². The maximum Gasteiger partial charge on any atom is 0.211 e. The zero-order valence-corrected chi connectivity index (χ0v) is 14.8. The highest BCUT2D eigenvalue weighted by Gasteiger charge is 2.13. The summed E-state index contributed by atoms with van der Waals surface area (Å²) in [5.74, 6) is 1.81. The molecule has 1 aliphatic carbocycles. The molecule has 1 rings (SSSR count). The standard InChI is InChI=1S/C15H32N4O2S/c1-3-22(20,21)19-13-12-18-15(16-2)17-11-7-6-10-14-8-4-5-9-14/h14,19H,3-13H2,1-2H3,(H2,16,17,18). The van der Waals surface area contributed by atoms with Crippen molar-refractivity contribution in [2.24, 2.45) is 10.9 Å². The van der Waals surface area contributed by atoms with Gasteiger partial charge in [0.15, 0.2) is 5.96 Å². The van der Waals surface area contributed by atoms with E-state index in [4.69, 9.17) is 0 Å². The first-order valence-corrected chi connectivity index (χ1v) is 10.1. The van der Waals surface area contributed by atoms with Gasteiger partial charge < -0.3 is 10.6 Å². The second-order valence-electron chi connectivity index (χ2n) is 5.87. The second-order valence-corrected chi connectivity index (χ2v) is 7.97. The van der Waals surface area contributed by atoms with Gasteiger partial charge in [0, 0.05) is 26.7 Å². The largest absolute Gasteiger partial charge is 0.356 e. The van der Waals surface area contributed by atoms with Crippen LogP contribution in [0.1, 0.15) is 51.9 Å². The molecule has 0 atom stereocenters. The van der Waals surface area contributed by atoms with Gasteiger partial charge in [0.25, 0.3) is 0 Å². The van der Waals surface area contributed by atoms with Crippen LogP contribution in [-0.4, -0.2) is 46.8 Å². The van der Waals surface area contributed by atoms with Crippen LogP contribution in [-0.2, 0) is 10.0 Å². The van der Waals surface area contributed by atoms with Crippen molar-refractivity contribution >= 4 is 16.0 Å². The van der Waals surface area contributed by atoms with Crippen LogP contribution in [0.5, 0.6) is 0 Å². The third-order valence-corrected chi connectivity index (χ3v) is 5.55. The SMILES string of the molecule is CCS(=O)(=O)NCCNC(=NC)NCCCCC1CCCC1. The molecule has 1 aliphatic rings. The molecular weight excluding hydrogens is 300 g/mol. The molecule has 1 saturated carbocycles. The molecule has 0 amide bonds. The Morgan fingerprint density at radius 1 is 1.09 bits per heavy atom. The Labute approximate surface area is 135 Å². The van der Waals surface area contributed by atoms with Crippen LogP contribution < -0.4 is 15.4 Å². The maximum absolute atomic E-state index is 11.3. The number of hydrogen-bond donors (Lipinski definition) is 3. The molecule has 0 aliphatic heterocycles. The molecule has 0 spiro atoms. The number of hydrogen-bond acceptors (Lipinski definition) is 3. The highest BCUT2D eigenvalue weighted by Crippen LogP contribution is 2.28. The summed E-state index contributed by atoms with van der Waals surface area (Å²) in [4.78, 5) is 4.13. The molecule has 0 saturated heterocycles. The molecule has 22 heavy (non-hydrogen) atoms. The molecule has 0 aromatic rings. The fraction of sp³-hybridized carbons (Fsp3) is 0.933. The van der Waals surface area contributed by atoms with E-state index in [1.807, 2.05) is 0 Å². The van der Waals surface area contributed by atoms with Gasteiger partial charge in [-0.1, -0.05) is 38.5 Å². The summed E-state index contributed by atoms with van der Waals surface area (Å²) in [5.41, 5.74) is 0. The van der Waals surface area contributed by atoms with E-state index in [0.29, 0.717) is 13.1 Å². The third kappa shape index (κ3) is 8.58. The Morgan fingerprint density at radius 3 is 2.41 bits per heavy atom. The molecule has 0 radical (unpaired) electrons. The molecule has 0 aromatic heterocycles. The lowest BCUT2D eigenvalue weighted by molar-refractivity contribution is 0.472. The van der Waals surface area contributed by atoms with E-state index in [0.717, 1.165) is 24.8 Å². The fourth-order valence-corrected chi connectivity index (χ4v) is 3.39. The predicted octanol–water partition coefficient (Wildman–Crippen LogP) is 1.45. The van der Waals surface area contributed by atoms with Crippen molar-refractivity contribution in [3.63, 3.8) is 0 Å². The molecule has 130 valence electrons. The maximum atomic E-state index is 11.3. The summed E-state index contributed by atoms with van der Waals surface area (Å²) in [6.07, 6.45) is 9.45. The molecular formula is C15H32N4O2S. The van der Waals surface area contributed by atoms with Crippen molar-refractivity contribution in [2.45, 2.75) is 51.9 Å². The van der Waals surface area contributed by atoms with Crippen molar-refractivity contribution in [2.75, 3.05) is 32.4 Å². The molecule has 7 heteroatoms. The van der Waals surface area contributed by atoms with Crippen molar-refractivity contribution in [3.8, 4) is 0 Å². The van der Waals surface area contributed by atoms with Crippen molar-refractivity contribution < 1.29 is 8.42 Å². The number of guanidine groups is 1. The summed E-state index contributed by atoms with van der Waals surface area (Å²) in [6.45, 7) is 3.44. The van der Waals surface area contributed by atoms with Crippen LogP contribution in [0.25, 0.3) is 0 Å². The van der Waals surface area contributed by atoms with E-state index in [2.05, 4.69) is 20.3 Å². The summed E-state index contributed by atoms with van der Waals surface area (Å²) < 4.78 is 25.1. The third-order valence-electron chi connectivity index (χ3n) is 4.15. The molecule has 6 nitrogen and oxygen atoms in total. The average Bonchev–Trinajstić information content (AvgIpc) is 3.02. The minimum atomic E-state index is -3.11. The van der Waals surface area contributed by atoms with Crippen LogP contribution in [0, 0.1) is 5.92 Å². The lowest BCUT2D eigenvalue weighted by Crippen LogP contribution is -2.42. The highest BCUT2D eigenvalue weighted by molar-refractivity contribution is 7.89. The Hall–Kier alpha value is -0.820. The summed E-state index contributed by atoms with van der Waals surface area (Å²) in [7, 11) is -1.38. The number of aliphatic imine (C=N–C) groups is 1. The van der Waals surface area contributed by atoms with Gasteiger partial charge in [-0.15, -0.1) is 0 Å². The minimum absolute atomic E-state index is 0.112. The molecule has 0 unspecified atom stereocenters. The summed E-state index contributed by atoms with van der Waals surface area (Å²) in [6, 6.07) is 0. The Kier molecular flexibility index (Phi) is 9.47. The normalized spacial score (nSPS) is 16.9. The molecule has 1 fully saturated rings. The van der Waals surface area contributed by atoms with Gasteiger partial charge >= 0.3 is 0 Å². The topological polar surface area (TPSA) is 82.6 Å².